The van der Waals surface area contributed by atoms with Crippen LogP contribution in [0.3, 0.4) is 0 Å². The second-order valence-electron chi connectivity index (χ2n) is 9.75. The van der Waals surface area contributed by atoms with Gasteiger partial charge in [0.05, 0.1) is 7.11 Å². The van der Waals surface area contributed by atoms with Crippen LogP contribution in [0.4, 0.5) is 0 Å². The molecule has 30 heavy (non-hydrogen) atoms. The average Bonchev–Trinajstić information content (AvgIpc) is 2.68. The van der Waals surface area contributed by atoms with Gasteiger partial charge in [-0.2, -0.15) is 0 Å². The van der Waals surface area contributed by atoms with Gasteiger partial charge < -0.3 is 9.84 Å². The summed E-state index contributed by atoms with van der Waals surface area (Å²) in [6, 6.07) is 0. The Kier molecular flexibility index (Phi) is 16.6. The Labute approximate surface area is 185 Å². The first-order valence-electron chi connectivity index (χ1n) is 12.2. The van der Waals surface area contributed by atoms with Gasteiger partial charge in [-0.15, -0.1) is 0 Å². The van der Waals surface area contributed by atoms with E-state index in [1.165, 1.54) is 45.6 Å². The van der Waals surface area contributed by atoms with Crippen LogP contribution >= 0.6 is 0 Å². The SMILES string of the molecule is CCCCCCCC(/C=C/CCCCCCCC(=O)OC)C(CC(=O)O)C(C)(C)C. The van der Waals surface area contributed by atoms with Crippen molar-refractivity contribution in [2.75, 3.05) is 7.11 Å². The highest BCUT2D eigenvalue weighted by Crippen LogP contribution is 2.38. The molecule has 0 spiro atoms. The molecular formula is C26H48O4. The zero-order valence-electron chi connectivity index (χ0n) is 20.4. The molecule has 0 aromatic carbocycles. The van der Waals surface area contributed by atoms with Crippen LogP contribution in [-0.4, -0.2) is 24.2 Å². The summed E-state index contributed by atoms with van der Waals surface area (Å²) in [5.74, 6) is -0.307. The van der Waals surface area contributed by atoms with Crippen LogP contribution in [-0.2, 0) is 14.3 Å². The third-order valence-corrected chi connectivity index (χ3v) is 6.03. The lowest BCUT2D eigenvalue weighted by atomic mass is 9.69. The fraction of sp³-hybridized carbons (Fsp3) is 0.846. The standard InChI is InChI=1S/C26H48O4/c1-6-7-8-12-15-18-22(23(21-24(27)28)26(2,3)4)19-16-13-10-9-11-14-17-20-25(29)30-5/h16,19,22-23H,6-15,17-18,20-21H2,1-5H3,(H,27,28)/b19-16+. The van der Waals surface area contributed by atoms with E-state index in [0.717, 1.165) is 38.5 Å². The monoisotopic (exact) mass is 424 g/mol. The molecule has 0 aromatic rings. The fourth-order valence-electron chi connectivity index (χ4n) is 4.14. The van der Waals surface area contributed by atoms with E-state index in [4.69, 9.17) is 0 Å². The summed E-state index contributed by atoms with van der Waals surface area (Å²) in [7, 11) is 1.44. The Balaban J connectivity index is 4.52. The quantitative estimate of drug-likeness (QED) is 0.140. The molecule has 0 saturated heterocycles. The van der Waals surface area contributed by atoms with Crippen molar-refractivity contribution in [3.63, 3.8) is 0 Å². The minimum Gasteiger partial charge on any atom is -0.481 e. The van der Waals surface area contributed by atoms with Crippen molar-refractivity contribution >= 4 is 11.9 Å². The molecule has 0 saturated carbocycles. The largest absolute Gasteiger partial charge is 0.481 e. The summed E-state index contributed by atoms with van der Waals surface area (Å²) in [5.41, 5.74) is -0.0174. The molecule has 0 heterocycles. The van der Waals surface area contributed by atoms with E-state index in [2.05, 4.69) is 44.6 Å². The minimum absolute atomic E-state index is 0.0174. The van der Waals surface area contributed by atoms with E-state index in [-0.39, 0.29) is 23.7 Å². The third kappa shape index (κ3) is 15.5. The van der Waals surface area contributed by atoms with Gasteiger partial charge in [-0.3, -0.25) is 9.59 Å². The molecule has 2 unspecified atom stereocenters. The van der Waals surface area contributed by atoms with E-state index in [0.29, 0.717) is 12.3 Å². The number of hydrogen-bond donors (Lipinski definition) is 1. The van der Waals surface area contributed by atoms with Gasteiger partial charge in [-0.1, -0.05) is 91.2 Å². The molecule has 0 radical (unpaired) electrons. The summed E-state index contributed by atoms with van der Waals surface area (Å²) < 4.78 is 4.66. The van der Waals surface area contributed by atoms with Crippen LogP contribution in [0.25, 0.3) is 0 Å². The zero-order chi connectivity index (χ0) is 22.8. The normalized spacial score (nSPS) is 14.0. The summed E-state index contributed by atoms with van der Waals surface area (Å²) in [6.45, 7) is 8.75. The van der Waals surface area contributed by atoms with E-state index in [1.807, 2.05) is 0 Å². The van der Waals surface area contributed by atoms with E-state index >= 15 is 0 Å². The summed E-state index contributed by atoms with van der Waals surface area (Å²) in [6.07, 6.45) is 19.2. The Morgan fingerprint density at radius 3 is 2.13 bits per heavy atom. The van der Waals surface area contributed by atoms with Gasteiger partial charge in [0.1, 0.15) is 0 Å². The Morgan fingerprint density at radius 2 is 1.53 bits per heavy atom. The van der Waals surface area contributed by atoms with E-state index in [1.54, 1.807) is 0 Å². The molecule has 0 bridgehead atoms. The second-order valence-corrected chi connectivity index (χ2v) is 9.75. The Hall–Kier alpha value is -1.32. The molecule has 0 amide bonds. The molecule has 4 heteroatoms. The molecule has 0 fully saturated rings. The van der Waals surface area contributed by atoms with Crippen LogP contribution in [0.5, 0.6) is 0 Å². The summed E-state index contributed by atoms with van der Waals surface area (Å²) in [5, 5.41) is 9.45. The number of carboxylic acid groups (broad SMARTS) is 1. The first kappa shape index (κ1) is 28.7. The van der Waals surface area contributed by atoms with Crippen molar-refractivity contribution in [3.05, 3.63) is 12.2 Å². The molecule has 0 aliphatic rings. The number of aliphatic carboxylic acids is 1. The van der Waals surface area contributed by atoms with Crippen molar-refractivity contribution < 1.29 is 19.4 Å². The number of carbonyl (C=O) groups excluding carboxylic acids is 1. The average molecular weight is 425 g/mol. The topological polar surface area (TPSA) is 63.6 Å². The maximum Gasteiger partial charge on any atom is 0.305 e. The number of carboxylic acids is 1. The van der Waals surface area contributed by atoms with Crippen molar-refractivity contribution in [2.45, 2.75) is 118 Å². The molecular weight excluding hydrogens is 376 g/mol. The first-order chi connectivity index (χ1) is 14.2. The minimum atomic E-state index is -0.689. The maximum atomic E-state index is 11.5. The molecule has 4 nitrogen and oxygen atoms in total. The molecule has 0 aliphatic carbocycles. The number of rotatable bonds is 18. The maximum absolute atomic E-state index is 11.5. The lowest BCUT2D eigenvalue weighted by molar-refractivity contribution is -0.141. The molecule has 176 valence electrons. The number of esters is 1. The van der Waals surface area contributed by atoms with Crippen molar-refractivity contribution in [2.24, 2.45) is 17.3 Å². The van der Waals surface area contributed by atoms with E-state index < -0.39 is 5.97 Å². The number of carbonyl (C=O) groups is 2. The van der Waals surface area contributed by atoms with Crippen molar-refractivity contribution in [3.8, 4) is 0 Å². The smallest absolute Gasteiger partial charge is 0.305 e. The first-order valence-corrected chi connectivity index (χ1v) is 12.2. The van der Waals surface area contributed by atoms with Gasteiger partial charge in [0.25, 0.3) is 0 Å². The van der Waals surface area contributed by atoms with Crippen molar-refractivity contribution in [1.29, 1.82) is 0 Å². The zero-order valence-corrected chi connectivity index (χ0v) is 20.4. The van der Waals surface area contributed by atoms with Crippen LogP contribution < -0.4 is 0 Å². The lowest BCUT2D eigenvalue weighted by Gasteiger charge is -2.35. The fourth-order valence-corrected chi connectivity index (χ4v) is 4.14. The van der Waals surface area contributed by atoms with Crippen LogP contribution in [0.2, 0.25) is 0 Å². The van der Waals surface area contributed by atoms with Gasteiger partial charge in [-0.05, 0) is 42.9 Å². The second kappa shape index (κ2) is 17.4. The van der Waals surface area contributed by atoms with Gasteiger partial charge in [-0.25, -0.2) is 0 Å². The Morgan fingerprint density at radius 1 is 0.933 bits per heavy atom. The van der Waals surface area contributed by atoms with Gasteiger partial charge >= 0.3 is 11.9 Å². The number of unbranched alkanes of at least 4 members (excludes halogenated alkanes) is 9. The number of hydrogen-bond acceptors (Lipinski definition) is 3. The van der Waals surface area contributed by atoms with E-state index in [9.17, 15) is 14.7 Å². The van der Waals surface area contributed by atoms with Gasteiger partial charge in [0.15, 0.2) is 0 Å². The predicted molar refractivity (Wildman–Crippen MR) is 126 cm³/mol. The molecule has 1 N–H and O–H groups in total. The number of allylic oxidation sites excluding steroid dienone is 2. The van der Waals surface area contributed by atoms with Crippen molar-refractivity contribution in [1.82, 2.24) is 0 Å². The molecule has 0 aliphatic heterocycles. The van der Waals surface area contributed by atoms with Crippen LogP contribution in [0, 0.1) is 17.3 Å². The molecule has 2 atom stereocenters. The Bertz CT molecular complexity index is 476. The molecule has 0 aromatic heterocycles. The highest BCUT2D eigenvalue weighted by atomic mass is 16.5. The summed E-state index contributed by atoms with van der Waals surface area (Å²) >= 11 is 0. The van der Waals surface area contributed by atoms with Crippen LogP contribution in [0.1, 0.15) is 118 Å². The number of ether oxygens (including phenoxy) is 1. The van der Waals surface area contributed by atoms with Gasteiger partial charge in [0.2, 0.25) is 0 Å². The third-order valence-electron chi connectivity index (χ3n) is 6.03. The highest BCUT2D eigenvalue weighted by molar-refractivity contribution is 5.69. The highest BCUT2D eigenvalue weighted by Gasteiger charge is 2.32. The molecule has 0 rings (SSSR count). The van der Waals surface area contributed by atoms with Crippen LogP contribution in [0.15, 0.2) is 12.2 Å². The van der Waals surface area contributed by atoms with Gasteiger partial charge in [0, 0.05) is 12.8 Å². The number of methoxy groups -OCH3 is 1. The lowest BCUT2D eigenvalue weighted by Crippen LogP contribution is -2.29. The summed E-state index contributed by atoms with van der Waals surface area (Å²) in [4.78, 5) is 22.6. The predicted octanol–water partition coefficient (Wildman–Crippen LogP) is 7.56.